The molecule has 0 atom stereocenters. The second-order valence-electron chi connectivity index (χ2n) is 5.29. The Balaban J connectivity index is 2.68. The lowest BCUT2D eigenvalue weighted by Crippen LogP contribution is -2.38. The number of benzene rings is 1. The molecule has 1 amide bonds. The second kappa shape index (κ2) is 8.26. The van der Waals surface area contributed by atoms with Crippen LogP contribution in [0.2, 0.25) is 0 Å². The fraction of sp³-hybridized carbons (Fsp3) is 0.533. The van der Waals surface area contributed by atoms with E-state index in [1.807, 2.05) is 26.0 Å². The van der Waals surface area contributed by atoms with Gasteiger partial charge in [0.1, 0.15) is 0 Å². The molecule has 7 heteroatoms. The zero-order valence-electron chi connectivity index (χ0n) is 13.5. The average Bonchev–Trinajstić information content (AvgIpc) is 2.41. The lowest BCUT2D eigenvalue weighted by molar-refractivity contribution is -0.116. The maximum Gasteiger partial charge on any atom is 0.239 e. The van der Waals surface area contributed by atoms with Crippen molar-refractivity contribution in [3.8, 4) is 0 Å². The molecule has 0 aromatic heterocycles. The van der Waals surface area contributed by atoms with Gasteiger partial charge in [-0.25, -0.2) is 8.42 Å². The Bertz CT molecular complexity index is 614. The van der Waals surface area contributed by atoms with Gasteiger partial charge in [-0.15, -0.1) is 0 Å². The summed E-state index contributed by atoms with van der Waals surface area (Å²) in [5, 5.41) is 2.73. The molecule has 0 aliphatic heterocycles. The number of ether oxygens (including phenoxy) is 1. The summed E-state index contributed by atoms with van der Waals surface area (Å²) >= 11 is 0. The predicted molar refractivity (Wildman–Crippen MR) is 87.5 cm³/mol. The summed E-state index contributed by atoms with van der Waals surface area (Å²) in [5.74, 6) is -0.355. The molecule has 6 nitrogen and oxygen atoms in total. The lowest BCUT2D eigenvalue weighted by Gasteiger charge is -2.19. The predicted octanol–water partition coefficient (Wildman–Crippen LogP) is 1.54. The van der Waals surface area contributed by atoms with E-state index < -0.39 is 10.0 Å². The largest absolute Gasteiger partial charge is 0.385 e. The molecule has 1 rings (SSSR count). The first-order valence-corrected chi connectivity index (χ1v) is 8.90. The summed E-state index contributed by atoms with van der Waals surface area (Å²) in [6, 6.07) is 5.58. The van der Waals surface area contributed by atoms with Gasteiger partial charge >= 0.3 is 0 Å². The highest BCUT2D eigenvalue weighted by Crippen LogP contribution is 2.14. The highest BCUT2D eigenvalue weighted by atomic mass is 32.2. The number of rotatable bonds is 8. The molecule has 0 radical (unpaired) electrons. The maximum atomic E-state index is 12.0. The molecule has 0 aliphatic rings. The van der Waals surface area contributed by atoms with Gasteiger partial charge in [-0.3, -0.25) is 4.79 Å². The van der Waals surface area contributed by atoms with Crippen LogP contribution in [0.1, 0.15) is 17.5 Å². The molecular formula is C15H24N2O4S. The fourth-order valence-corrected chi connectivity index (χ4v) is 2.74. The Morgan fingerprint density at radius 2 is 1.95 bits per heavy atom. The molecule has 124 valence electrons. The fourth-order valence-electron chi connectivity index (χ4n) is 1.93. The molecule has 22 heavy (non-hydrogen) atoms. The van der Waals surface area contributed by atoms with Crippen molar-refractivity contribution in [1.82, 2.24) is 4.31 Å². The van der Waals surface area contributed by atoms with Crippen molar-refractivity contribution < 1.29 is 17.9 Å². The van der Waals surface area contributed by atoms with Crippen molar-refractivity contribution in [2.75, 3.05) is 38.4 Å². The first-order chi connectivity index (χ1) is 10.2. The first kappa shape index (κ1) is 18.6. The van der Waals surface area contributed by atoms with Gasteiger partial charge in [-0.1, -0.05) is 6.07 Å². The lowest BCUT2D eigenvalue weighted by atomic mass is 10.1. The van der Waals surface area contributed by atoms with Crippen molar-refractivity contribution in [3.63, 3.8) is 0 Å². The number of carbonyl (C=O) groups is 1. The number of hydrogen-bond donors (Lipinski definition) is 1. The van der Waals surface area contributed by atoms with Crippen LogP contribution < -0.4 is 5.32 Å². The number of hydrogen-bond acceptors (Lipinski definition) is 4. The number of aryl methyl sites for hydroxylation is 2. The van der Waals surface area contributed by atoms with Gasteiger partial charge in [0.25, 0.3) is 0 Å². The van der Waals surface area contributed by atoms with Crippen LogP contribution in [0.3, 0.4) is 0 Å². The maximum absolute atomic E-state index is 12.0. The van der Waals surface area contributed by atoms with E-state index >= 15 is 0 Å². The number of carbonyl (C=O) groups excluding carboxylic acids is 1. The molecule has 0 saturated carbocycles. The summed E-state index contributed by atoms with van der Waals surface area (Å²) in [7, 11) is -1.88. The number of sulfonamides is 1. The number of amides is 1. The minimum Gasteiger partial charge on any atom is -0.385 e. The Hall–Kier alpha value is -1.44. The van der Waals surface area contributed by atoms with E-state index in [1.165, 1.54) is 0 Å². The second-order valence-corrected chi connectivity index (χ2v) is 7.27. The van der Waals surface area contributed by atoms with Crippen LogP contribution >= 0.6 is 0 Å². The zero-order chi connectivity index (χ0) is 16.8. The number of methoxy groups -OCH3 is 1. The summed E-state index contributed by atoms with van der Waals surface area (Å²) in [6.07, 6.45) is 1.64. The SMILES string of the molecule is COCCCN(CC(=O)Nc1ccc(C)c(C)c1)S(C)(=O)=O. The Labute approximate surface area is 132 Å². The van der Waals surface area contributed by atoms with Gasteiger partial charge < -0.3 is 10.1 Å². The van der Waals surface area contributed by atoms with Crippen LogP contribution in [-0.2, 0) is 19.6 Å². The summed E-state index contributed by atoms with van der Waals surface area (Å²) in [4.78, 5) is 12.0. The molecule has 1 aromatic carbocycles. The quantitative estimate of drug-likeness (QED) is 0.735. The Morgan fingerprint density at radius 3 is 2.50 bits per heavy atom. The van der Waals surface area contributed by atoms with Crippen LogP contribution in [0.5, 0.6) is 0 Å². The molecule has 0 unspecified atom stereocenters. The highest BCUT2D eigenvalue weighted by Gasteiger charge is 2.19. The standard InChI is InChI=1S/C15H24N2O4S/c1-12-6-7-14(10-13(12)2)16-15(18)11-17(22(4,19)20)8-5-9-21-3/h6-7,10H,5,8-9,11H2,1-4H3,(H,16,18). The van der Waals surface area contributed by atoms with E-state index in [9.17, 15) is 13.2 Å². The molecule has 0 fully saturated rings. The molecule has 0 saturated heterocycles. The first-order valence-electron chi connectivity index (χ1n) is 7.05. The number of nitrogens with zero attached hydrogens (tertiary/aromatic N) is 1. The normalized spacial score (nSPS) is 11.7. The van der Waals surface area contributed by atoms with Gasteiger partial charge in [-0.2, -0.15) is 4.31 Å². The van der Waals surface area contributed by atoms with Crippen LogP contribution in [0, 0.1) is 13.8 Å². The zero-order valence-corrected chi connectivity index (χ0v) is 14.4. The van der Waals surface area contributed by atoms with Gasteiger partial charge in [0.2, 0.25) is 15.9 Å². The Kier molecular flexibility index (Phi) is 6.99. The summed E-state index contributed by atoms with van der Waals surface area (Å²) < 4.78 is 29.5. The molecule has 0 heterocycles. The number of anilines is 1. The molecule has 0 aliphatic carbocycles. The van der Waals surface area contributed by atoms with Crippen molar-refractivity contribution in [2.45, 2.75) is 20.3 Å². The summed E-state index contributed by atoms with van der Waals surface area (Å²) in [5.41, 5.74) is 2.87. The highest BCUT2D eigenvalue weighted by molar-refractivity contribution is 7.88. The van der Waals surface area contributed by atoms with Crippen molar-refractivity contribution in [2.24, 2.45) is 0 Å². The average molecular weight is 328 g/mol. The minimum absolute atomic E-state index is 0.199. The van der Waals surface area contributed by atoms with E-state index in [-0.39, 0.29) is 19.0 Å². The molecule has 0 spiro atoms. The Morgan fingerprint density at radius 1 is 1.27 bits per heavy atom. The monoisotopic (exact) mass is 328 g/mol. The molecule has 1 aromatic rings. The van der Waals surface area contributed by atoms with E-state index in [2.05, 4.69) is 5.32 Å². The van der Waals surface area contributed by atoms with Gasteiger partial charge in [0.15, 0.2) is 0 Å². The smallest absolute Gasteiger partial charge is 0.239 e. The van der Waals surface area contributed by atoms with Gasteiger partial charge in [-0.05, 0) is 43.5 Å². The van der Waals surface area contributed by atoms with Crippen molar-refractivity contribution >= 4 is 21.6 Å². The minimum atomic E-state index is -3.43. The summed E-state index contributed by atoms with van der Waals surface area (Å²) in [6.45, 7) is 4.45. The van der Waals surface area contributed by atoms with Crippen molar-refractivity contribution in [3.05, 3.63) is 29.3 Å². The van der Waals surface area contributed by atoms with E-state index in [0.717, 1.165) is 21.7 Å². The topological polar surface area (TPSA) is 75.7 Å². The molecule has 1 N–H and O–H groups in total. The third kappa shape index (κ3) is 6.13. The third-order valence-electron chi connectivity index (χ3n) is 3.34. The molecular weight excluding hydrogens is 304 g/mol. The van der Waals surface area contributed by atoms with E-state index in [1.54, 1.807) is 13.2 Å². The number of nitrogens with one attached hydrogen (secondary N) is 1. The van der Waals surface area contributed by atoms with Crippen molar-refractivity contribution in [1.29, 1.82) is 0 Å². The van der Waals surface area contributed by atoms with E-state index in [4.69, 9.17) is 4.74 Å². The van der Waals surface area contributed by atoms with Crippen LogP contribution in [0.15, 0.2) is 18.2 Å². The van der Waals surface area contributed by atoms with E-state index in [0.29, 0.717) is 18.7 Å². The third-order valence-corrected chi connectivity index (χ3v) is 4.59. The van der Waals surface area contributed by atoms with Crippen LogP contribution in [0.4, 0.5) is 5.69 Å². The van der Waals surface area contributed by atoms with Gasteiger partial charge in [0.05, 0.1) is 12.8 Å². The van der Waals surface area contributed by atoms with Crippen LogP contribution in [0.25, 0.3) is 0 Å². The van der Waals surface area contributed by atoms with Crippen LogP contribution in [-0.4, -0.2) is 51.7 Å². The molecule has 0 bridgehead atoms. The van der Waals surface area contributed by atoms with Gasteiger partial charge in [0, 0.05) is 25.9 Å².